The second-order valence-electron chi connectivity index (χ2n) is 6.74. The average molecular weight is 376 g/mol. The number of aromatic nitrogens is 3. The normalized spacial score (nSPS) is 19.9. The Bertz CT molecular complexity index is 788. The van der Waals surface area contributed by atoms with Crippen LogP contribution in [0.2, 0.25) is 5.02 Å². The summed E-state index contributed by atoms with van der Waals surface area (Å²) in [5.74, 6) is 2.24. The van der Waals surface area contributed by atoms with Crippen molar-refractivity contribution in [2.45, 2.75) is 19.4 Å². The maximum atomic E-state index is 12.5. The van der Waals surface area contributed by atoms with Crippen LogP contribution in [0.3, 0.4) is 0 Å². The van der Waals surface area contributed by atoms with Crippen LogP contribution in [0.1, 0.15) is 22.6 Å². The van der Waals surface area contributed by atoms with E-state index in [0.717, 1.165) is 31.8 Å². The van der Waals surface area contributed by atoms with Gasteiger partial charge in [-0.25, -0.2) is 9.97 Å². The Morgan fingerprint density at radius 3 is 3.00 bits per heavy atom. The van der Waals surface area contributed by atoms with Gasteiger partial charge in [0.1, 0.15) is 11.6 Å². The molecule has 1 N–H and O–H groups in total. The molecule has 26 heavy (non-hydrogen) atoms. The molecule has 7 nitrogen and oxygen atoms in total. The van der Waals surface area contributed by atoms with Crippen molar-refractivity contribution in [1.29, 1.82) is 0 Å². The maximum Gasteiger partial charge on any atom is 0.255 e. The van der Waals surface area contributed by atoms with Crippen LogP contribution < -0.4 is 5.32 Å². The Morgan fingerprint density at radius 1 is 1.35 bits per heavy atom. The first-order valence-corrected chi connectivity index (χ1v) is 9.35. The second-order valence-corrected chi connectivity index (χ2v) is 7.15. The summed E-state index contributed by atoms with van der Waals surface area (Å²) in [6.45, 7) is 4.11. The number of ether oxygens (including phenoxy) is 1. The van der Waals surface area contributed by atoms with Gasteiger partial charge in [-0.3, -0.25) is 4.79 Å². The molecular weight excluding hydrogens is 354 g/mol. The molecule has 1 saturated heterocycles. The minimum Gasteiger partial charge on any atom is -0.378 e. The Kier molecular flexibility index (Phi) is 5.08. The van der Waals surface area contributed by atoms with Gasteiger partial charge in [-0.2, -0.15) is 0 Å². The molecule has 1 fully saturated rings. The highest BCUT2D eigenvalue weighted by Crippen LogP contribution is 2.24. The van der Waals surface area contributed by atoms with Crippen molar-refractivity contribution < 1.29 is 9.53 Å². The monoisotopic (exact) mass is 375 g/mol. The summed E-state index contributed by atoms with van der Waals surface area (Å²) in [5, 5.41) is 3.80. The van der Waals surface area contributed by atoms with Crippen LogP contribution in [-0.4, -0.2) is 58.2 Å². The third-order valence-corrected chi connectivity index (χ3v) is 5.27. The lowest BCUT2D eigenvalue weighted by molar-refractivity contribution is 0.0302. The number of carbonyl (C=O) groups is 1. The predicted molar refractivity (Wildman–Crippen MR) is 98.5 cm³/mol. The van der Waals surface area contributed by atoms with E-state index in [0.29, 0.717) is 48.6 Å². The van der Waals surface area contributed by atoms with Crippen molar-refractivity contribution in [1.82, 2.24) is 19.4 Å². The summed E-state index contributed by atoms with van der Waals surface area (Å²) in [5.41, 5.74) is 0.517. The quantitative estimate of drug-likeness (QED) is 0.885. The average Bonchev–Trinajstić information content (AvgIpc) is 3.15. The number of pyridine rings is 1. The number of hydrogen-bond acceptors (Lipinski definition) is 5. The highest BCUT2D eigenvalue weighted by Gasteiger charge is 2.21. The van der Waals surface area contributed by atoms with Crippen LogP contribution >= 0.6 is 11.6 Å². The molecule has 2 aromatic heterocycles. The molecule has 138 valence electrons. The zero-order valence-electron chi connectivity index (χ0n) is 14.5. The van der Waals surface area contributed by atoms with E-state index in [1.165, 1.54) is 0 Å². The summed E-state index contributed by atoms with van der Waals surface area (Å²) in [4.78, 5) is 23.0. The van der Waals surface area contributed by atoms with E-state index in [9.17, 15) is 4.79 Å². The van der Waals surface area contributed by atoms with E-state index in [1.54, 1.807) is 17.2 Å². The minimum atomic E-state index is -0.0471. The summed E-state index contributed by atoms with van der Waals surface area (Å²) in [6.07, 6.45) is 7.57. The Hall–Kier alpha value is -2.12. The van der Waals surface area contributed by atoms with Gasteiger partial charge in [-0.1, -0.05) is 11.6 Å². The molecule has 4 heterocycles. The van der Waals surface area contributed by atoms with Crippen LogP contribution in [0.15, 0.2) is 24.7 Å². The van der Waals surface area contributed by atoms with Gasteiger partial charge in [0, 0.05) is 51.2 Å². The molecule has 2 aliphatic heterocycles. The fourth-order valence-electron chi connectivity index (χ4n) is 3.48. The van der Waals surface area contributed by atoms with Crippen molar-refractivity contribution in [2.24, 2.45) is 5.92 Å². The standard InChI is InChI=1S/C18H22ClN5O2/c19-15-9-14(18(25)23-5-7-26-8-6-23)11-22-17(15)21-10-13-1-2-16-20-3-4-24(16)12-13/h3-4,9,11,13H,1-2,5-8,10,12H2,(H,21,22). The van der Waals surface area contributed by atoms with Crippen molar-refractivity contribution >= 4 is 23.3 Å². The number of anilines is 1. The molecule has 8 heteroatoms. The first-order valence-electron chi connectivity index (χ1n) is 8.97. The molecular formula is C18H22ClN5O2. The molecule has 0 aliphatic carbocycles. The van der Waals surface area contributed by atoms with Crippen molar-refractivity contribution in [2.75, 3.05) is 38.2 Å². The van der Waals surface area contributed by atoms with Crippen LogP contribution in [0.25, 0.3) is 0 Å². The number of aryl methyl sites for hydroxylation is 1. The Labute approximate surface area is 157 Å². The van der Waals surface area contributed by atoms with Gasteiger partial charge in [0.2, 0.25) is 0 Å². The third kappa shape index (κ3) is 3.68. The number of nitrogens with zero attached hydrogens (tertiary/aromatic N) is 4. The molecule has 1 amide bonds. The number of morpholine rings is 1. The lowest BCUT2D eigenvalue weighted by atomic mass is 9.99. The summed E-state index contributed by atoms with van der Waals surface area (Å²) < 4.78 is 7.49. The van der Waals surface area contributed by atoms with Crippen molar-refractivity contribution in [3.8, 4) is 0 Å². The maximum absolute atomic E-state index is 12.5. The first kappa shape index (κ1) is 17.3. The summed E-state index contributed by atoms with van der Waals surface area (Å²) in [7, 11) is 0. The lowest BCUT2D eigenvalue weighted by Crippen LogP contribution is -2.40. The first-order chi connectivity index (χ1) is 12.7. The molecule has 4 rings (SSSR count). The molecule has 1 unspecified atom stereocenters. The largest absolute Gasteiger partial charge is 0.378 e. The van der Waals surface area contributed by atoms with E-state index >= 15 is 0 Å². The number of fused-ring (bicyclic) bond motifs is 1. The SMILES string of the molecule is O=C(c1cnc(NCC2CCc3nccn3C2)c(Cl)c1)N1CCOCC1. The number of nitrogens with one attached hydrogen (secondary N) is 1. The third-order valence-electron chi connectivity index (χ3n) is 4.98. The van der Waals surface area contributed by atoms with Crippen LogP contribution in [0.5, 0.6) is 0 Å². The second kappa shape index (κ2) is 7.63. The Morgan fingerprint density at radius 2 is 2.19 bits per heavy atom. The minimum absolute atomic E-state index is 0.0471. The topological polar surface area (TPSA) is 72.3 Å². The van der Waals surface area contributed by atoms with Crippen molar-refractivity contribution in [3.63, 3.8) is 0 Å². The number of imidazole rings is 1. The number of halogens is 1. The van der Waals surface area contributed by atoms with Gasteiger partial charge in [0.15, 0.2) is 0 Å². The molecule has 0 saturated carbocycles. The van der Waals surface area contributed by atoms with Crippen LogP contribution in [-0.2, 0) is 17.7 Å². The van der Waals surface area contributed by atoms with Gasteiger partial charge in [-0.05, 0) is 18.4 Å². The number of rotatable bonds is 4. The number of amides is 1. The molecule has 0 aromatic carbocycles. The zero-order valence-corrected chi connectivity index (χ0v) is 15.3. The van der Waals surface area contributed by atoms with E-state index in [-0.39, 0.29) is 5.91 Å². The molecule has 0 spiro atoms. The van der Waals surface area contributed by atoms with E-state index in [2.05, 4.69) is 19.9 Å². The van der Waals surface area contributed by atoms with E-state index < -0.39 is 0 Å². The van der Waals surface area contributed by atoms with E-state index in [4.69, 9.17) is 16.3 Å². The van der Waals surface area contributed by atoms with Gasteiger partial charge < -0.3 is 19.5 Å². The predicted octanol–water partition coefficient (Wildman–Crippen LogP) is 2.08. The molecule has 2 aromatic rings. The number of carbonyl (C=O) groups excluding carboxylic acids is 1. The summed E-state index contributed by atoms with van der Waals surface area (Å²) in [6, 6.07) is 1.70. The van der Waals surface area contributed by atoms with Gasteiger partial charge in [0.05, 0.1) is 23.8 Å². The molecule has 1 atom stereocenters. The summed E-state index contributed by atoms with van der Waals surface area (Å²) >= 11 is 6.36. The van der Waals surface area contributed by atoms with Crippen LogP contribution in [0, 0.1) is 5.92 Å². The van der Waals surface area contributed by atoms with Crippen LogP contribution in [0.4, 0.5) is 5.82 Å². The van der Waals surface area contributed by atoms with Gasteiger partial charge in [-0.15, -0.1) is 0 Å². The number of hydrogen-bond donors (Lipinski definition) is 1. The van der Waals surface area contributed by atoms with Crippen molar-refractivity contribution in [3.05, 3.63) is 41.1 Å². The molecule has 2 aliphatic rings. The van der Waals surface area contributed by atoms with Gasteiger partial charge in [0.25, 0.3) is 5.91 Å². The van der Waals surface area contributed by atoms with Gasteiger partial charge >= 0.3 is 0 Å². The fourth-order valence-corrected chi connectivity index (χ4v) is 3.71. The fraction of sp³-hybridized carbons (Fsp3) is 0.500. The smallest absolute Gasteiger partial charge is 0.255 e. The lowest BCUT2D eigenvalue weighted by Gasteiger charge is -2.27. The highest BCUT2D eigenvalue weighted by molar-refractivity contribution is 6.33. The molecule has 0 radical (unpaired) electrons. The zero-order chi connectivity index (χ0) is 17.9. The highest BCUT2D eigenvalue weighted by atomic mass is 35.5. The Balaban J connectivity index is 1.36. The van der Waals surface area contributed by atoms with E-state index in [1.807, 2.05) is 12.4 Å². The molecule has 0 bridgehead atoms.